The van der Waals surface area contributed by atoms with Crippen molar-refractivity contribution in [1.82, 2.24) is 4.31 Å². The maximum atomic E-state index is 13.1. The monoisotopic (exact) mass is 375 g/mol. The Morgan fingerprint density at radius 3 is 2.46 bits per heavy atom. The Morgan fingerprint density at radius 1 is 1.04 bits per heavy atom. The van der Waals surface area contributed by atoms with Crippen molar-refractivity contribution in [3.8, 4) is 5.75 Å². The zero-order chi connectivity index (χ0) is 18.4. The zero-order valence-corrected chi connectivity index (χ0v) is 15.8. The highest BCUT2D eigenvalue weighted by Crippen LogP contribution is 2.27. The number of piperidine rings is 1. The number of hydrogen-bond acceptors (Lipinski definition) is 4. The Labute approximate surface area is 155 Å². The van der Waals surface area contributed by atoms with Crippen LogP contribution < -0.4 is 4.74 Å². The fourth-order valence-corrected chi connectivity index (χ4v) is 4.91. The van der Waals surface area contributed by atoms with Crippen LogP contribution in [0, 0.1) is 0 Å². The number of ether oxygens (including phenoxy) is 2. The quantitative estimate of drug-likeness (QED) is 0.744. The summed E-state index contributed by atoms with van der Waals surface area (Å²) in [6.07, 6.45) is 2.72. The van der Waals surface area contributed by atoms with E-state index in [-0.39, 0.29) is 6.04 Å². The molecule has 1 atom stereocenters. The SMILES string of the molecule is COc1ccc(S(=O)(=O)N2CCCCC2COCc2ccccc2)cc1. The molecule has 0 radical (unpaired) electrons. The highest BCUT2D eigenvalue weighted by Gasteiger charge is 2.33. The summed E-state index contributed by atoms with van der Waals surface area (Å²) in [6.45, 7) is 1.44. The van der Waals surface area contributed by atoms with Crippen LogP contribution in [0.15, 0.2) is 59.5 Å². The highest BCUT2D eigenvalue weighted by atomic mass is 32.2. The molecule has 0 saturated carbocycles. The third-order valence-electron chi connectivity index (χ3n) is 4.66. The van der Waals surface area contributed by atoms with E-state index in [1.54, 1.807) is 35.7 Å². The first-order chi connectivity index (χ1) is 12.6. The Kier molecular flexibility index (Phi) is 6.29. The van der Waals surface area contributed by atoms with E-state index in [9.17, 15) is 8.42 Å². The van der Waals surface area contributed by atoms with Crippen LogP contribution in [0.3, 0.4) is 0 Å². The van der Waals surface area contributed by atoms with Crippen molar-refractivity contribution in [3.63, 3.8) is 0 Å². The Balaban J connectivity index is 1.68. The van der Waals surface area contributed by atoms with Gasteiger partial charge in [-0.05, 0) is 42.7 Å². The van der Waals surface area contributed by atoms with E-state index < -0.39 is 10.0 Å². The molecule has 0 bridgehead atoms. The molecule has 140 valence electrons. The zero-order valence-electron chi connectivity index (χ0n) is 15.0. The summed E-state index contributed by atoms with van der Waals surface area (Å²) in [5, 5.41) is 0. The van der Waals surface area contributed by atoms with Crippen LogP contribution in [-0.2, 0) is 21.4 Å². The molecular formula is C20H25NO4S. The normalized spacial score (nSPS) is 18.6. The molecule has 0 N–H and O–H groups in total. The van der Waals surface area contributed by atoms with Crippen LogP contribution in [0.1, 0.15) is 24.8 Å². The fraction of sp³-hybridized carbons (Fsp3) is 0.400. The number of hydrogen-bond donors (Lipinski definition) is 0. The predicted octanol–water partition coefficient (Wildman–Crippen LogP) is 3.46. The topological polar surface area (TPSA) is 55.8 Å². The second-order valence-corrected chi connectivity index (χ2v) is 8.33. The molecule has 0 aromatic heterocycles. The number of sulfonamides is 1. The van der Waals surface area contributed by atoms with Crippen molar-refractivity contribution in [3.05, 3.63) is 60.2 Å². The van der Waals surface area contributed by atoms with Gasteiger partial charge >= 0.3 is 0 Å². The van der Waals surface area contributed by atoms with Gasteiger partial charge in [-0.25, -0.2) is 8.42 Å². The average molecular weight is 375 g/mol. The molecule has 1 aliphatic heterocycles. The highest BCUT2D eigenvalue weighted by molar-refractivity contribution is 7.89. The van der Waals surface area contributed by atoms with Crippen LogP contribution in [0.2, 0.25) is 0 Å². The van der Waals surface area contributed by atoms with Gasteiger partial charge in [0.05, 0.1) is 25.2 Å². The van der Waals surface area contributed by atoms with E-state index in [0.717, 1.165) is 24.8 Å². The summed E-state index contributed by atoms with van der Waals surface area (Å²) in [5.74, 6) is 0.644. The fourth-order valence-electron chi connectivity index (χ4n) is 3.23. The molecular weight excluding hydrogens is 350 g/mol. The van der Waals surface area contributed by atoms with Crippen LogP contribution in [0.25, 0.3) is 0 Å². The van der Waals surface area contributed by atoms with E-state index in [0.29, 0.717) is 30.4 Å². The average Bonchev–Trinajstić information content (AvgIpc) is 2.69. The molecule has 2 aromatic carbocycles. The van der Waals surface area contributed by atoms with E-state index in [1.165, 1.54) is 0 Å². The van der Waals surface area contributed by atoms with Gasteiger partial charge < -0.3 is 9.47 Å². The van der Waals surface area contributed by atoms with E-state index >= 15 is 0 Å². The van der Waals surface area contributed by atoms with Gasteiger partial charge in [0, 0.05) is 12.6 Å². The standard InChI is InChI=1S/C20H25NO4S/c1-24-19-10-12-20(13-11-19)26(22,23)21-14-6-5-9-18(21)16-25-15-17-7-3-2-4-8-17/h2-4,7-8,10-13,18H,5-6,9,14-16H2,1H3. The lowest BCUT2D eigenvalue weighted by molar-refractivity contribution is 0.0645. The smallest absolute Gasteiger partial charge is 0.243 e. The molecule has 1 unspecified atom stereocenters. The van der Waals surface area contributed by atoms with Crippen molar-refractivity contribution >= 4 is 10.0 Å². The number of rotatable bonds is 7. The van der Waals surface area contributed by atoms with E-state index in [2.05, 4.69) is 0 Å². The van der Waals surface area contributed by atoms with Crippen LogP contribution >= 0.6 is 0 Å². The summed E-state index contributed by atoms with van der Waals surface area (Å²) >= 11 is 0. The molecule has 26 heavy (non-hydrogen) atoms. The minimum Gasteiger partial charge on any atom is -0.497 e. The van der Waals surface area contributed by atoms with Gasteiger partial charge in [0.1, 0.15) is 5.75 Å². The van der Waals surface area contributed by atoms with Crippen molar-refractivity contribution < 1.29 is 17.9 Å². The predicted molar refractivity (Wildman–Crippen MR) is 101 cm³/mol. The van der Waals surface area contributed by atoms with Gasteiger partial charge in [0.15, 0.2) is 0 Å². The summed E-state index contributed by atoms with van der Waals surface area (Å²) < 4.78 is 38.7. The van der Waals surface area contributed by atoms with Gasteiger partial charge in [-0.3, -0.25) is 0 Å². The molecule has 1 saturated heterocycles. The van der Waals surface area contributed by atoms with Gasteiger partial charge in [-0.2, -0.15) is 4.31 Å². The lowest BCUT2D eigenvalue weighted by atomic mass is 10.1. The Bertz CT molecular complexity index is 790. The first-order valence-electron chi connectivity index (χ1n) is 8.89. The minimum absolute atomic E-state index is 0.125. The van der Waals surface area contributed by atoms with Crippen molar-refractivity contribution in [2.75, 3.05) is 20.3 Å². The molecule has 3 rings (SSSR count). The van der Waals surface area contributed by atoms with Crippen molar-refractivity contribution in [1.29, 1.82) is 0 Å². The van der Waals surface area contributed by atoms with Crippen LogP contribution in [0.4, 0.5) is 0 Å². The molecule has 1 heterocycles. The molecule has 6 heteroatoms. The first-order valence-corrected chi connectivity index (χ1v) is 10.3. The van der Waals surface area contributed by atoms with Gasteiger partial charge in [-0.15, -0.1) is 0 Å². The van der Waals surface area contributed by atoms with E-state index in [4.69, 9.17) is 9.47 Å². The lowest BCUT2D eigenvalue weighted by Crippen LogP contribution is -2.45. The molecule has 0 amide bonds. The largest absolute Gasteiger partial charge is 0.497 e. The molecule has 0 aliphatic carbocycles. The molecule has 1 fully saturated rings. The van der Waals surface area contributed by atoms with Gasteiger partial charge in [0.25, 0.3) is 0 Å². The van der Waals surface area contributed by atoms with Crippen molar-refractivity contribution in [2.24, 2.45) is 0 Å². The van der Waals surface area contributed by atoms with Crippen LogP contribution in [-0.4, -0.2) is 39.0 Å². The second kappa shape index (κ2) is 8.66. The molecule has 0 spiro atoms. The summed E-state index contributed by atoms with van der Waals surface area (Å²) in [5.41, 5.74) is 1.09. The minimum atomic E-state index is -3.53. The second-order valence-electron chi connectivity index (χ2n) is 6.44. The molecule has 2 aromatic rings. The molecule has 5 nitrogen and oxygen atoms in total. The van der Waals surface area contributed by atoms with Gasteiger partial charge in [0.2, 0.25) is 10.0 Å². The third kappa shape index (κ3) is 4.44. The third-order valence-corrected chi connectivity index (χ3v) is 6.63. The van der Waals surface area contributed by atoms with Crippen LogP contribution in [0.5, 0.6) is 5.75 Å². The number of nitrogens with zero attached hydrogens (tertiary/aromatic N) is 1. The molecule has 1 aliphatic rings. The number of benzene rings is 2. The summed E-state index contributed by atoms with van der Waals surface area (Å²) in [7, 11) is -1.97. The summed E-state index contributed by atoms with van der Waals surface area (Å²) in [4.78, 5) is 0.299. The van der Waals surface area contributed by atoms with Gasteiger partial charge in [-0.1, -0.05) is 36.8 Å². The van der Waals surface area contributed by atoms with E-state index in [1.807, 2.05) is 30.3 Å². The Morgan fingerprint density at radius 2 is 1.77 bits per heavy atom. The first kappa shape index (κ1) is 18.9. The maximum Gasteiger partial charge on any atom is 0.243 e. The maximum absolute atomic E-state index is 13.1. The van der Waals surface area contributed by atoms with Crippen molar-refractivity contribution in [2.45, 2.75) is 36.8 Å². The number of methoxy groups -OCH3 is 1. The summed E-state index contributed by atoms with van der Waals surface area (Å²) in [6, 6.07) is 16.4. The Hall–Kier alpha value is -1.89. The lowest BCUT2D eigenvalue weighted by Gasteiger charge is -2.34.